The van der Waals surface area contributed by atoms with Gasteiger partial charge in [-0.3, -0.25) is 4.99 Å². The van der Waals surface area contributed by atoms with Gasteiger partial charge in [0, 0.05) is 12.4 Å². The van der Waals surface area contributed by atoms with Gasteiger partial charge in [-0.1, -0.05) is 51.8 Å². The lowest BCUT2D eigenvalue weighted by atomic mass is 10.1. The van der Waals surface area contributed by atoms with E-state index in [1.165, 1.54) is 37.7 Å². The largest absolute Gasteiger partial charge is 0.265 e. The van der Waals surface area contributed by atoms with E-state index in [2.05, 4.69) is 25.1 Å². The Morgan fingerprint density at radius 1 is 1.13 bits per heavy atom. The molecule has 84 valence electrons. The maximum absolute atomic E-state index is 3.93. The second-order valence-electron chi connectivity index (χ2n) is 3.59. The summed E-state index contributed by atoms with van der Waals surface area (Å²) in [6.07, 6.45) is 14.9. The summed E-state index contributed by atoms with van der Waals surface area (Å²) in [5.74, 6) is 0. The fraction of sp³-hybridized carbons (Fsp3) is 0.500. The Balaban J connectivity index is 3.70. The molecular formula is C14H23N. The second kappa shape index (κ2) is 11.0. The molecule has 0 saturated carbocycles. The highest BCUT2D eigenvalue weighted by atomic mass is 14.6. The van der Waals surface area contributed by atoms with Crippen LogP contribution in [0.4, 0.5) is 0 Å². The summed E-state index contributed by atoms with van der Waals surface area (Å²) in [6, 6.07) is 0. The standard InChI is InChI=1S/C14H23N/c1-4-7-8-9-10-11-14(5-2)12-13-15-6-3/h5-6,12-13H,2-4,7-11H2,1H3/b14-12+,15-13?. The first-order chi connectivity index (χ1) is 7.35. The van der Waals surface area contributed by atoms with Crippen molar-refractivity contribution in [2.45, 2.75) is 45.4 Å². The summed E-state index contributed by atoms with van der Waals surface area (Å²) in [5, 5.41) is 0. The van der Waals surface area contributed by atoms with Crippen LogP contribution < -0.4 is 0 Å². The first-order valence-corrected chi connectivity index (χ1v) is 5.80. The maximum Gasteiger partial charge on any atom is 0.0270 e. The van der Waals surface area contributed by atoms with Gasteiger partial charge in [-0.2, -0.15) is 0 Å². The third kappa shape index (κ3) is 9.20. The van der Waals surface area contributed by atoms with Gasteiger partial charge < -0.3 is 0 Å². The number of aliphatic imine (C=N–C) groups is 1. The Morgan fingerprint density at radius 3 is 2.47 bits per heavy atom. The van der Waals surface area contributed by atoms with Crippen molar-refractivity contribution in [1.82, 2.24) is 0 Å². The molecule has 0 aliphatic rings. The molecule has 0 radical (unpaired) electrons. The zero-order valence-electron chi connectivity index (χ0n) is 9.91. The van der Waals surface area contributed by atoms with Gasteiger partial charge in [0.15, 0.2) is 0 Å². The van der Waals surface area contributed by atoms with E-state index in [-0.39, 0.29) is 0 Å². The van der Waals surface area contributed by atoms with Gasteiger partial charge in [0.2, 0.25) is 0 Å². The zero-order chi connectivity index (χ0) is 11.4. The van der Waals surface area contributed by atoms with Crippen molar-refractivity contribution >= 4 is 6.21 Å². The summed E-state index contributed by atoms with van der Waals surface area (Å²) in [6.45, 7) is 9.56. The monoisotopic (exact) mass is 205 g/mol. The minimum atomic E-state index is 1.11. The Morgan fingerprint density at radius 2 is 1.87 bits per heavy atom. The van der Waals surface area contributed by atoms with Crippen LogP contribution >= 0.6 is 0 Å². The van der Waals surface area contributed by atoms with Crippen molar-refractivity contribution in [1.29, 1.82) is 0 Å². The third-order valence-electron chi connectivity index (χ3n) is 2.31. The average Bonchev–Trinajstić information content (AvgIpc) is 2.26. The Kier molecular flexibility index (Phi) is 10.2. The van der Waals surface area contributed by atoms with Crippen LogP contribution in [0.2, 0.25) is 0 Å². The molecule has 1 heteroatoms. The van der Waals surface area contributed by atoms with Crippen molar-refractivity contribution in [2.75, 3.05) is 0 Å². The van der Waals surface area contributed by atoms with E-state index in [0.717, 1.165) is 6.42 Å². The number of hydrogen-bond donors (Lipinski definition) is 0. The molecule has 0 fully saturated rings. The lowest BCUT2D eigenvalue weighted by molar-refractivity contribution is 0.633. The molecule has 0 N–H and O–H groups in total. The van der Waals surface area contributed by atoms with Crippen molar-refractivity contribution in [3.05, 3.63) is 37.1 Å². The van der Waals surface area contributed by atoms with Crippen LogP contribution in [-0.4, -0.2) is 6.21 Å². The average molecular weight is 205 g/mol. The number of rotatable bonds is 9. The molecule has 0 unspecified atom stereocenters. The van der Waals surface area contributed by atoms with Crippen molar-refractivity contribution in [3.8, 4) is 0 Å². The predicted octanol–water partition coefficient (Wildman–Crippen LogP) is 4.67. The molecule has 0 aromatic carbocycles. The predicted molar refractivity (Wildman–Crippen MR) is 70.3 cm³/mol. The fourth-order valence-corrected chi connectivity index (χ4v) is 1.39. The van der Waals surface area contributed by atoms with E-state index in [0.29, 0.717) is 0 Å². The quantitative estimate of drug-likeness (QED) is 0.294. The SMILES string of the molecule is C=CN=C/C=C(\C=C)CCCCCCC. The van der Waals surface area contributed by atoms with Crippen LogP contribution in [0.15, 0.2) is 42.1 Å². The fourth-order valence-electron chi connectivity index (χ4n) is 1.39. The lowest BCUT2D eigenvalue weighted by Gasteiger charge is -2.00. The van der Waals surface area contributed by atoms with Crippen molar-refractivity contribution in [3.63, 3.8) is 0 Å². The van der Waals surface area contributed by atoms with Crippen LogP contribution in [0.25, 0.3) is 0 Å². The Labute approximate surface area is 94.3 Å². The van der Waals surface area contributed by atoms with Crippen molar-refractivity contribution in [2.24, 2.45) is 4.99 Å². The zero-order valence-corrected chi connectivity index (χ0v) is 9.91. The molecular weight excluding hydrogens is 182 g/mol. The van der Waals surface area contributed by atoms with Crippen LogP contribution in [-0.2, 0) is 0 Å². The summed E-state index contributed by atoms with van der Waals surface area (Å²) in [4.78, 5) is 3.93. The number of allylic oxidation sites excluding steroid dienone is 3. The summed E-state index contributed by atoms with van der Waals surface area (Å²) in [7, 11) is 0. The molecule has 1 nitrogen and oxygen atoms in total. The molecule has 0 spiro atoms. The highest BCUT2D eigenvalue weighted by Crippen LogP contribution is 2.11. The summed E-state index contributed by atoms with van der Waals surface area (Å²) >= 11 is 0. The molecule has 0 aliphatic carbocycles. The first-order valence-electron chi connectivity index (χ1n) is 5.80. The molecule has 15 heavy (non-hydrogen) atoms. The van der Waals surface area contributed by atoms with Gasteiger partial charge in [-0.15, -0.1) is 0 Å². The second-order valence-corrected chi connectivity index (χ2v) is 3.59. The highest BCUT2D eigenvalue weighted by molar-refractivity contribution is 5.73. The van der Waals surface area contributed by atoms with E-state index in [4.69, 9.17) is 0 Å². The smallest absolute Gasteiger partial charge is 0.0270 e. The highest BCUT2D eigenvalue weighted by Gasteiger charge is 1.92. The van der Waals surface area contributed by atoms with E-state index in [9.17, 15) is 0 Å². The van der Waals surface area contributed by atoms with E-state index in [1.807, 2.05) is 12.2 Å². The minimum Gasteiger partial charge on any atom is -0.265 e. The molecule has 0 rings (SSSR count). The molecule has 0 amide bonds. The van der Waals surface area contributed by atoms with Crippen LogP contribution in [0.3, 0.4) is 0 Å². The Hall–Kier alpha value is -1.11. The molecule has 0 aromatic heterocycles. The molecule has 0 saturated heterocycles. The first kappa shape index (κ1) is 13.9. The Bertz CT molecular complexity index is 223. The summed E-state index contributed by atoms with van der Waals surface area (Å²) in [5.41, 5.74) is 1.26. The lowest BCUT2D eigenvalue weighted by Crippen LogP contribution is -1.82. The van der Waals surface area contributed by atoms with Crippen LogP contribution in [0, 0.1) is 0 Å². The number of hydrogen-bond acceptors (Lipinski definition) is 1. The topological polar surface area (TPSA) is 12.4 Å². The number of nitrogens with zero attached hydrogens (tertiary/aromatic N) is 1. The molecule has 0 atom stereocenters. The molecule has 0 aromatic rings. The normalized spacial score (nSPS) is 11.9. The maximum atomic E-state index is 3.93. The van der Waals surface area contributed by atoms with Crippen molar-refractivity contribution < 1.29 is 0 Å². The molecule has 0 bridgehead atoms. The number of unbranched alkanes of at least 4 members (excludes halogenated alkanes) is 4. The van der Waals surface area contributed by atoms with E-state index < -0.39 is 0 Å². The van der Waals surface area contributed by atoms with Gasteiger partial charge in [-0.25, -0.2) is 0 Å². The van der Waals surface area contributed by atoms with E-state index in [1.54, 1.807) is 12.4 Å². The van der Waals surface area contributed by atoms with Crippen LogP contribution in [0.1, 0.15) is 45.4 Å². The minimum absolute atomic E-state index is 1.11. The third-order valence-corrected chi connectivity index (χ3v) is 2.31. The van der Waals surface area contributed by atoms with Gasteiger partial charge in [-0.05, 0) is 24.5 Å². The van der Waals surface area contributed by atoms with E-state index >= 15 is 0 Å². The molecule has 0 heterocycles. The van der Waals surface area contributed by atoms with Gasteiger partial charge >= 0.3 is 0 Å². The van der Waals surface area contributed by atoms with Crippen LogP contribution in [0.5, 0.6) is 0 Å². The van der Waals surface area contributed by atoms with Gasteiger partial charge in [0.1, 0.15) is 0 Å². The summed E-state index contributed by atoms with van der Waals surface area (Å²) < 4.78 is 0. The van der Waals surface area contributed by atoms with Gasteiger partial charge in [0.25, 0.3) is 0 Å². The van der Waals surface area contributed by atoms with Gasteiger partial charge in [0.05, 0.1) is 0 Å². The molecule has 0 aliphatic heterocycles.